The molecule has 1 N–H and O–H groups in total. The number of hydrogen-bond acceptors (Lipinski definition) is 2. The molecule has 0 saturated carbocycles. The highest BCUT2D eigenvalue weighted by Crippen LogP contribution is 2.31. The minimum Gasteiger partial charge on any atom is -0.394 e. The first-order valence-electron chi connectivity index (χ1n) is 5.66. The van der Waals surface area contributed by atoms with Gasteiger partial charge in [-0.25, -0.2) is 4.79 Å². The van der Waals surface area contributed by atoms with Gasteiger partial charge in [-0.15, -0.1) is 0 Å². The zero-order valence-corrected chi connectivity index (χ0v) is 10.4. The standard InChI is InChI=1S/C12H13F3N2O2/c1-7(6-18)17-9-4-3-8(12(13,14)15)5-10(9)16(2)11(17)19/h3-5,7,18H,6H2,1-2H3. The largest absolute Gasteiger partial charge is 0.416 e. The average molecular weight is 274 g/mol. The first-order chi connectivity index (χ1) is 8.77. The highest BCUT2D eigenvalue weighted by molar-refractivity contribution is 5.77. The third-order valence-electron chi connectivity index (χ3n) is 3.12. The molecular formula is C12H13F3N2O2. The Balaban J connectivity index is 2.77. The van der Waals surface area contributed by atoms with Gasteiger partial charge in [0.15, 0.2) is 0 Å². The number of aliphatic hydroxyl groups excluding tert-OH is 1. The topological polar surface area (TPSA) is 47.2 Å². The molecule has 4 nitrogen and oxygen atoms in total. The van der Waals surface area contributed by atoms with Crippen LogP contribution in [-0.4, -0.2) is 20.8 Å². The van der Waals surface area contributed by atoms with Gasteiger partial charge in [-0.05, 0) is 25.1 Å². The van der Waals surface area contributed by atoms with Crippen LogP contribution in [0.4, 0.5) is 13.2 Å². The number of fused-ring (bicyclic) bond motifs is 1. The van der Waals surface area contributed by atoms with Crippen LogP contribution in [-0.2, 0) is 13.2 Å². The zero-order valence-electron chi connectivity index (χ0n) is 10.4. The fourth-order valence-electron chi connectivity index (χ4n) is 2.05. The first-order valence-corrected chi connectivity index (χ1v) is 5.66. The normalized spacial score (nSPS) is 14.0. The molecule has 7 heteroatoms. The summed E-state index contributed by atoms with van der Waals surface area (Å²) in [6.45, 7) is 1.36. The molecule has 0 radical (unpaired) electrons. The second-order valence-electron chi connectivity index (χ2n) is 4.44. The number of halogens is 3. The van der Waals surface area contributed by atoms with Gasteiger partial charge in [0.05, 0.1) is 29.2 Å². The Morgan fingerprint density at radius 3 is 2.47 bits per heavy atom. The lowest BCUT2D eigenvalue weighted by atomic mass is 10.2. The zero-order chi connectivity index (χ0) is 14.4. The van der Waals surface area contributed by atoms with Crippen molar-refractivity contribution in [3.63, 3.8) is 0 Å². The van der Waals surface area contributed by atoms with E-state index >= 15 is 0 Å². The summed E-state index contributed by atoms with van der Waals surface area (Å²) in [4.78, 5) is 12.0. The quantitative estimate of drug-likeness (QED) is 0.909. The monoisotopic (exact) mass is 274 g/mol. The number of nitrogens with zero attached hydrogens (tertiary/aromatic N) is 2. The van der Waals surface area contributed by atoms with Gasteiger partial charge in [-0.3, -0.25) is 9.13 Å². The molecule has 0 amide bonds. The van der Waals surface area contributed by atoms with Crippen molar-refractivity contribution in [2.24, 2.45) is 7.05 Å². The van der Waals surface area contributed by atoms with Crippen LogP contribution < -0.4 is 5.69 Å². The second-order valence-corrected chi connectivity index (χ2v) is 4.44. The van der Waals surface area contributed by atoms with Crippen molar-refractivity contribution in [2.75, 3.05) is 6.61 Å². The number of hydrogen-bond donors (Lipinski definition) is 1. The molecular weight excluding hydrogens is 261 g/mol. The summed E-state index contributed by atoms with van der Waals surface area (Å²) < 4.78 is 40.4. The van der Waals surface area contributed by atoms with Crippen molar-refractivity contribution in [3.05, 3.63) is 34.2 Å². The Morgan fingerprint density at radius 2 is 1.95 bits per heavy atom. The number of aryl methyl sites for hydroxylation is 1. The van der Waals surface area contributed by atoms with Crippen molar-refractivity contribution in [1.29, 1.82) is 0 Å². The molecule has 104 valence electrons. The smallest absolute Gasteiger partial charge is 0.394 e. The lowest BCUT2D eigenvalue weighted by Crippen LogP contribution is -2.26. The van der Waals surface area contributed by atoms with Gasteiger partial charge in [0.1, 0.15) is 0 Å². The molecule has 2 aromatic rings. The minimum atomic E-state index is -4.45. The number of rotatable bonds is 2. The van der Waals surface area contributed by atoms with E-state index in [0.717, 1.165) is 16.7 Å². The highest BCUT2D eigenvalue weighted by atomic mass is 19.4. The van der Waals surface area contributed by atoms with Gasteiger partial charge in [0.25, 0.3) is 0 Å². The molecule has 0 fully saturated rings. The van der Waals surface area contributed by atoms with E-state index in [-0.39, 0.29) is 12.1 Å². The maximum absolute atomic E-state index is 12.6. The molecule has 1 atom stereocenters. The summed E-state index contributed by atoms with van der Waals surface area (Å²) >= 11 is 0. The molecule has 1 aromatic heterocycles. The summed E-state index contributed by atoms with van der Waals surface area (Å²) in [5, 5.41) is 9.12. The SMILES string of the molecule is CC(CO)n1c(=O)n(C)c2cc(C(F)(F)F)ccc21. The van der Waals surface area contributed by atoms with Crippen LogP contribution in [0.2, 0.25) is 0 Å². The Kier molecular flexibility index (Phi) is 3.17. The second kappa shape index (κ2) is 4.41. The van der Waals surface area contributed by atoms with Crippen molar-refractivity contribution in [2.45, 2.75) is 19.1 Å². The molecule has 0 spiro atoms. The molecule has 1 aromatic carbocycles. The Hall–Kier alpha value is -1.76. The predicted molar refractivity (Wildman–Crippen MR) is 64.0 cm³/mol. The van der Waals surface area contributed by atoms with Crippen LogP contribution in [0.15, 0.2) is 23.0 Å². The number of alkyl halides is 3. The van der Waals surface area contributed by atoms with Gasteiger partial charge in [0, 0.05) is 7.05 Å². The summed E-state index contributed by atoms with van der Waals surface area (Å²) in [7, 11) is 1.41. The first kappa shape index (κ1) is 13.7. The highest BCUT2D eigenvalue weighted by Gasteiger charge is 2.31. The van der Waals surface area contributed by atoms with E-state index in [0.29, 0.717) is 5.52 Å². The molecule has 0 saturated heterocycles. The maximum atomic E-state index is 12.6. The molecule has 1 unspecified atom stereocenters. The maximum Gasteiger partial charge on any atom is 0.416 e. The fraction of sp³-hybridized carbons (Fsp3) is 0.417. The number of aliphatic hydroxyl groups is 1. The van der Waals surface area contributed by atoms with Crippen molar-refractivity contribution >= 4 is 11.0 Å². The van der Waals surface area contributed by atoms with E-state index in [1.165, 1.54) is 17.7 Å². The molecule has 0 bridgehead atoms. The van der Waals surface area contributed by atoms with E-state index in [2.05, 4.69) is 0 Å². The Morgan fingerprint density at radius 1 is 1.32 bits per heavy atom. The molecule has 0 aliphatic rings. The number of benzene rings is 1. The summed E-state index contributed by atoms with van der Waals surface area (Å²) in [6, 6.07) is 2.64. The van der Waals surface area contributed by atoms with Crippen LogP contribution in [0.3, 0.4) is 0 Å². The third-order valence-corrected chi connectivity index (χ3v) is 3.12. The molecule has 2 rings (SSSR count). The van der Waals surface area contributed by atoms with Gasteiger partial charge in [0.2, 0.25) is 0 Å². The molecule has 0 aliphatic heterocycles. The Bertz CT molecular complexity index is 670. The molecule has 1 heterocycles. The Labute approximate surface area is 106 Å². The number of aromatic nitrogens is 2. The van der Waals surface area contributed by atoms with Gasteiger partial charge < -0.3 is 5.11 Å². The minimum absolute atomic E-state index is 0.195. The van der Waals surface area contributed by atoms with Crippen molar-refractivity contribution in [3.8, 4) is 0 Å². The van der Waals surface area contributed by atoms with Gasteiger partial charge >= 0.3 is 11.9 Å². The summed E-state index contributed by atoms with van der Waals surface area (Å²) in [5.41, 5.74) is -0.678. The van der Waals surface area contributed by atoms with Crippen LogP contribution in [0.25, 0.3) is 11.0 Å². The number of imidazole rings is 1. The van der Waals surface area contributed by atoms with Crippen molar-refractivity contribution in [1.82, 2.24) is 9.13 Å². The van der Waals surface area contributed by atoms with E-state index < -0.39 is 23.5 Å². The van der Waals surface area contributed by atoms with Crippen molar-refractivity contribution < 1.29 is 18.3 Å². The van der Waals surface area contributed by atoms with Gasteiger partial charge in [-0.2, -0.15) is 13.2 Å². The van der Waals surface area contributed by atoms with Crippen LogP contribution in [0.1, 0.15) is 18.5 Å². The van der Waals surface area contributed by atoms with E-state index in [9.17, 15) is 18.0 Å². The van der Waals surface area contributed by atoms with Crippen LogP contribution >= 0.6 is 0 Å². The fourth-order valence-corrected chi connectivity index (χ4v) is 2.05. The average Bonchev–Trinajstić information content (AvgIpc) is 2.60. The summed E-state index contributed by atoms with van der Waals surface area (Å²) in [6.07, 6.45) is -4.45. The van der Waals surface area contributed by atoms with E-state index in [1.54, 1.807) is 6.92 Å². The van der Waals surface area contributed by atoms with E-state index in [1.807, 2.05) is 0 Å². The predicted octanol–water partition coefficient (Wildman–Crippen LogP) is 1.91. The van der Waals surface area contributed by atoms with Crippen LogP contribution in [0.5, 0.6) is 0 Å². The van der Waals surface area contributed by atoms with Gasteiger partial charge in [-0.1, -0.05) is 0 Å². The van der Waals surface area contributed by atoms with E-state index in [4.69, 9.17) is 5.11 Å². The third kappa shape index (κ3) is 2.14. The molecule has 19 heavy (non-hydrogen) atoms. The van der Waals surface area contributed by atoms with Crippen LogP contribution in [0, 0.1) is 0 Å². The summed E-state index contributed by atoms with van der Waals surface area (Å²) in [5.74, 6) is 0. The molecule has 0 aliphatic carbocycles. The lowest BCUT2D eigenvalue weighted by Gasteiger charge is -2.10. The lowest BCUT2D eigenvalue weighted by molar-refractivity contribution is -0.137.